The summed E-state index contributed by atoms with van der Waals surface area (Å²) < 4.78 is 16.5. The molecular weight excluding hydrogens is 685 g/mol. The molecule has 1 unspecified atom stereocenters. The van der Waals surface area contributed by atoms with E-state index in [0.717, 1.165) is 77.0 Å². The normalized spacial score (nSPS) is 13.1. The Kier molecular flexibility index (Phi) is 39.7. The fraction of sp³-hybridized carbons (Fsp3) is 0.571. The first kappa shape index (κ1) is 51.1. The monoisotopic (exact) mass is 761 g/mol. The number of allylic oxidation sites excluding steroid dienone is 17. The molecule has 0 saturated carbocycles. The number of esters is 3. The van der Waals surface area contributed by atoms with Crippen LogP contribution in [-0.4, -0.2) is 37.2 Å². The van der Waals surface area contributed by atoms with Gasteiger partial charge in [0.25, 0.3) is 0 Å². The highest BCUT2D eigenvalue weighted by atomic mass is 16.6. The molecule has 6 heteroatoms. The van der Waals surface area contributed by atoms with E-state index in [0.29, 0.717) is 12.8 Å². The van der Waals surface area contributed by atoms with Crippen LogP contribution in [0.2, 0.25) is 0 Å². The Morgan fingerprint density at radius 2 is 0.855 bits per heavy atom. The number of rotatable bonds is 36. The van der Waals surface area contributed by atoms with Crippen LogP contribution in [0.15, 0.2) is 109 Å². The van der Waals surface area contributed by atoms with E-state index >= 15 is 0 Å². The summed E-state index contributed by atoms with van der Waals surface area (Å²) in [6, 6.07) is 0. The lowest BCUT2D eigenvalue weighted by Crippen LogP contribution is -2.30. The molecule has 0 aliphatic carbocycles. The highest BCUT2D eigenvalue weighted by molar-refractivity contribution is 5.72. The summed E-state index contributed by atoms with van der Waals surface area (Å²) in [5, 5.41) is 0. The summed E-state index contributed by atoms with van der Waals surface area (Å²) in [4.78, 5) is 37.5. The van der Waals surface area contributed by atoms with Crippen molar-refractivity contribution in [2.45, 2.75) is 168 Å². The van der Waals surface area contributed by atoms with Gasteiger partial charge in [0.15, 0.2) is 6.10 Å². The van der Waals surface area contributed by atoms with Gasteiger partial charge >= 0.3 is 17.9 Å². The molecule has 0 spiro atoms. The Labute approximate surface area is 336 Å². The number of ether oxygens (including phenoxy) is 3. The van der Waals surface area contributed by atoms with Crippen molar-refractivity contribution in [1.29, 1.82) is 0 Å². The van der Waals surface area contributed by atoms with Crippen LogP contribution in [0.5, 0.6) is 0 Å². The summed E-state index contributed by atoms with van der Waals surface area (Å²) in [6.45, 7) is 6.16. The molecule has 0 aliphatic rings. The third kappa shape index (κ3) is 41.1. The van der Waals surface area contributed by atoms with Crippen LogP contribution < -0.4 is 0 Å². The molecule has 0 aromatic heterocycles. The first-order valence-corrected chi connectivity index (χ1v) is 21.5. The summed E-state index contributed by atoms with van der Waals surface area (Å²) >= 11 is 0. The Bertz CT molecular complexity index is 1200. The second kappa shape index (κ2) is 42.8. The van der Waals surface area contributed by atoms with Crippen LogP contribution in [0.1, 0.15) is 162 Å². The van der Waals surface area contributed by atoms with E-state index in [2.05, 4.69) is 81.5 Å². The molecule has 0 heterocycles. The Hall–Kier alpha value is -3.93. The van der Waals surface area contributed by atoms with E-state index in [1.54, 1.807) is 6.08 Å². The van der Waals surface area contributed by atoms with Gasteiger partial charge in [-0.25, -0.2) is 0 Å². The van der Waals surface area contributed by atoms with E-state index in [1.165, 1.54) is 38.5 Å². The predicted molar refractivity (Wildman–Crippen MR) is 233 cm³/mol. The van der Waals surface area contributed by atoms with Gasteiger partial charge in [-0.1, -0.05) is 175 Å². The molecule has 0 aromatic rings. The largest absolute Gasteiger partial charge is 0.462 e. The molecule has 0 aliphatic heterocycles. The lowest BCUT2D eigenvalue weighted by Gasteiger charge is -2.18. The van der Waals surface area contributed by atoms with Gasteiger partial charge in [0, 0.05) is 12.8 Å². The molecule has 0 rings (SSSR count). The highest BCUT2D eigenvalue weighted by Crippen LogP contribution is 2.11. The van der Waals surface area contributed by atoms with Crippen LogP contribution in [0.4, 0.5) is 0 Å². The maximum absolute atomic E-state index is 12.7. The Morgan fingerprint density at radius 3 is 1.45 bits per heavy atom. The molecule has 0 amide bonds. The van der Waals surface area contributed by atoms with Crippen LogP contribution >= 0.6 is 0 Å². The minimum Gasteiger partial charge on any atom is -0.462 e. The van der Waals surface area contributed by atoms with Gasteiger partial charge in [-0.15, -0.1) is 0 Å². The third-order valence-corrected chi connectivity index (χ3v) is 8.40. The van der Waals surface area contributed by atoms with Crippen molar-refractivity contribution in [3.05, 3.63) is 109 Å². The lowest BCUT2D eigenvalue weighted by atomic mass is 10.1. The standard InChI is InChI=1S/C49H76O6/c1-4-7-10-13-16-19-21-23-24-26-27-30-33-36-39-42-48(51)54-45-46(44-53-47(50)41-38-35-32-29-18-15-12-9-6-3)55-49(52)43-40-37-34-31-28-25-22-20-17-14-11-8-5-2/h8-9,11-12,14,16-23,25,28-29,35,38,46H,4-7,10,13,15,24,26-27,30-34,36-37,39-45H2,1-3H3/b11-8-,12-9-,17-14-,19-16-,22-20-,23-21-,28-25-,29-18-,38-35-. The van der Waals surface area contributed by atoms with Crippen LogP contribution in [0, 0.1) is 0 Å². The molecule has 0 bridgehead atoms. The van der Waals surface area contributed by atoms with Gasteiger partial charge in [0.2, 0.25) is 0 Å². The van der Waals surface area contributed by atoms with E-state index < -0.39 is 12.1 Å². The zero-order valence-electron chi connectivity index (χ0n) is 34.9. The smallest absolute Gasteiger partial charge is 0.309 e. The van der Waals surface area contributed by atoms with E-state index in [-0.39, 0.29) is 38.0 Å². The van der Waals surface area contributed by atoms with Crippen molar-refractivity contribution in [2.75, 3.05) is 13.2 Å². The van der Waals surface area contributed by atoms with Gasteiger partial charge in [0.1, 0.15) is 13.2 Å². The summed E-state index contributed by atoms with van der Waals surface area (Å²) in [5.41, 5.74) is 0. The number of carbonyl (C=O) groups is 3. The van der Waals surface area contributed by atoms with Crippen molar-refractivity contribution in [2.24, 2.45) is 0 Å². The molecule has 0 aromatic carbocycles. The Balaban J connectivity index is 4.54. The van der Waals surface area contributed by atoms with Crippen LogP contribution in [0.25, 0.3) is 0 Å². The molecule has 6 nitrogen and oxygen atoms in total. The minimum absolute atomic E-state index is 0.120. The van der Waals surface area contributed by atoms with E-state index in [1.807, 2.05) is 42.5 Å². The number of hydrogen-bond donors (Lipinski definition) is 0. The fourth-order valence-corrected chi connectivity index (χ4v) is 5.21. The first-order chi connectivity index (χ1) is 27.0. The summed E-state index contributed by atoms with van der Waals surface area (Å²) in [7, 11) is 0. The van der Waals surface area contributed by atoms with Crippen molar-refractivity contribution >= 4 is 17.9 Å². The minimum atomic E-state index is -0.838. The SMILES string of the molecule is CC\C=C/C=C\C=C/C=C\CCCCCC(=O)OC(COC(=O)C/C=C\C/C=C\C/C=C\CC)COC(=O)CCCCCCCC/C=C\C=C/CCCCC. The molecule has 308 valence electrons. The average Bonchev–Trinajstić information content (AvgIpc) is 3.18. The van der Waals surface area contributed by atoms with E-state index in [9.17, 15) is 14.4 Å². The molecule has 0 saturated heterocycles. The first-order valence-electron chi connectivity index (χ1n) is 21.5. The molecular formula is C49H76O6. The number of carbonyl (C=O) groups excluding carboxylic acids is 3. The van der Waals surface area contributed by atoms with Crippen molar-refractivity contribution in [1.82, 2.24) is 0 Å². The second-order valence-electron chi connectivity index (χ2n) is 13.6. The second-order valence-corrected chi connectivity index (χ2v) is 13.6. The maximum atomic E-state index is 12.7. The number of hydrogen-bond acceptors (Lipinski definition) is 6. The highest BCUT2D eigenvalue weighted by Gasteiger charge is 2.19. The summed E-state index contributed by atoms with van der Waals surface area (Å²) in [5.74, 6) is -1.13. The quantitative estimate of drug-likeness (QED) is 0.0208. The van der Waals surface area contributed by atoms with Gasteiger partial charge in [-0.2, -0.15) is 0 Å². The zero-order valence-corrected chi connectivity index (χ0v) is 34.9. The molecule has 1 atom stereocenters. The van der Waals surface area contributed by atoms with Gasteiger partial charge in [0.05, 0.1) is 6.42 Å². The Morgan fingerprint density at radius 1 is 0.418 bits per heavy atom. The van der Waals surface area contributed by atoms with Crippen molar-refractivity contribution < 1.29 is 28.6 Å². The van der Waals surface area contributed by atoms with Crippen LogP contribution in [0.3, 0.4) is 0 Å². The molecule has 0 fully saturated rings. The number of unbranched alkanes of at least 4 members (excludes halogenated alkanes) is 12. The van der Waals surface area contributed by atoms with Crippen LogP contribution in [-0.2, 0) is 28.6 Å². The van der Waals surface area contributed by atoms with Crippen molar-refractivity contribution in [3.63, 3.8) is 0 Å². The van der Waals surface area contributed by atoms with Crippen molar-refractivity contribution in [3.8, 4) is 0 Å². The maximum Gasteiger partial charge on any atom is 0.309 e. The lowest BCUT2D eigenvalue weighted by molar-refractivity contribution is -0.166. The third-order valence-electron chi connectivity index (χ3n) is 8.40. The topological polar surface area (TPSA) is 78.9 Å². The van der Waals surface area contributed by atoms with Gasteiger partial charge in [-0.05, 0) is 77.0 Å². The zero-order chi connectivity index (χ0) is 40.1. The fourth-order valence-electron chi connectivity index (χ4n) is 5.21. The molecule has 55 heavy (non-hydrogen) atoms. The van der Waals surface area contributed by atoms with Gasteiger partial charge < -0.3 is 14.2 Å². The molecule has 0 N–H and O–H groups in total. The average molecular weight is 761 g/mol. The molecule has 0 radical (unpaired) electrons. The summed E-state index contributed by atoms with van der Waals surface area (Å²) in [6.07, 6.45) is 56.8. The predicted octanol–water partition coefficient (Wildman–Crippen LogP) is 13.6. The van der Waals surface area contributed by atoms with E-state index in [4.69, 9.17) is 14.2 Å². The van der Waals surface area contributed by atoms with Gasteiger partial charge in [-0.3, -0.25) is 14.4 Å².